The predicted octanol–water partition coefficient (Wildman–Crippen LogP) is 1.51. The second-order valence-electron chi connectivity index (χ2n) is 5.79. The van der Waals surface area contributed by atoms with Gasteiger partial charge in [0, 0.05) is 25.7 Å². The summed E-state index contributed by atoms with van der Waals surface area (Å²) >= 11 is 0. The van der Waals surface area contributed by atoms with Gasteiger partial charge < -0.3 is 15.5 Å². The Labute approximate surface area is 104 Å². The van der Waals surface area contributed by atoms with Crippen molar-refractivity contribution in [2.24, 2.45) is 17.6 Å². The minimum atomic E-state index is 0.236. The Kier molecular flexibility index (Phi) is 3.92. The Morgan fingerprint density at radius 2 is 1.94 bits per heavy atom. The van der Waals surface area contributed by atoms with Gasteiger partial charge in [0.05, 0.1) is 0 Å². The van der Waals surface area contributed by atoms with Crippen LogP contribution in [0.3, 0.4) is 0 Å². The van der Waals surface area contributed by atoms with Gasteiger partial charge in [0.1, 0.15) is 0 Å². The summed E-state index contributed by atoms with van der Waals surface area (Å²) in [6.07, 6.45) is 3.36. The van der Waals surface area contributed by atoms with Crippen LogP contribution in [-0.2, 0) is 0 Å². The first kappa shape index (κ1) is 12.7. The fraction of sp³-hybridized carbons (Fsp3) is 0.923. The predicted molar refractivity (Wildman–Crippen MR) is 68.7 cm³/mol. The van der Waals surface area contributed by atoms with Crippen molar-refractivity contribution < 1.29 is 4.79 Å². The van der Waals surface area contributed by atoms with Crippen LogP contribution in [-0.4, -0.2) is 48.1 Å². The zero-order valence-electron chi connectivity index (χ0n) is 11.1. The molecule has 0 aromatic rings. The van der Waals surface area contributed by atoms with E-state index in [0.717, 1.165) is 44.8 Å². The summed E-state index contributed by atoms with van der Waals surface area (Å²) in [5.41, 5.74) is 5.70. The summed E-state index contributed by atoms with van der Waals surface area (Å²) in [4.78, 5) is 16.4. The number of urea groups is 1. The molecule has 17 heavy (non-hydrogen) atoms. The van der Waals surface area contributed by atoms with Crippen LogP contribution < -0.4 is 5.73 Å². The highest BCUT2D eigenvalue weighted by molar-refractivity contribution is 5.75. The molecule has 2 fully saturated rings. The van der Waals surface area contributed by atoms with Crippen LogP contribution in [0, 0.1) is 11.8 Å². The number of piperidine rings is 1. The van der Waals surface area contributed by atoms with E-state index in [0.29, 0.717) is 18.5 Å². The van der Waals surface area contributed by atoms with Crippen LogP contribution >= 0.6 is 0 Å². The lowest BCUT2D eigenvalue weighted by Gasteiger charge is -2.35. The number of rotatable bonds is 1. The number of carbonyl (C=O) groups is 1. The van der Waals surface area contributed by atoms with Crippen molar-refractivity contribution in [1.29, 1.82) is 0 Å². The average Bonchev–Trinajstić information content (AvgIpc) is 2.71. The van der Waals surface area contributed by atoms with Gasteiger partial charge in [0.25, 0.3) is 0 Å². The highest BCUT2D eigenvalue weighted by atomic mass is 16.2. The molecule has 2 amide bonds. The minimum Gasteiger partial charge on any atom is -0.330 e. The Morgan fingerprint density at radius 3 is 2.47 bits per heavy atom. The third-order valence-electron chi connectivity index (χ3n) is 4.29. The lowest BCUT2D eigenvalue weighted by Crippen LogP contribution is -2.47. The minimum absolute atomic E-state index is 0.236. The SMILES string of the molecule is CC1CCN(C(=O)N2CC(CN)CC2C)CC1. The van der Waals surface area contributed by atoms with E-state index < -0.39 is 0 Å². The van der Waals surface area contributed by atoms with Crippen molar-refractivity contribution in [1.82, 2.24) is 9.80 Å². The Bertz CT molecular complexity index is 274. The lowest BCUT2D eigenvalue weighted by molar-refractivity contribution is 0.132. The van der Waals surface area contributed by atoms with Crippen molar-refractivity contribution >= 4 is 6.03 Å². The summed E-state index contributed by atoms with van der Waals surface area (Å²) in [7, 11) is 0. The van der Waals surface area contributed by atoms with Gasteiger partial charge >= 0.3 is 6.03 Å². The van der Waals surface area contributed by atoms with E-state index in [4.69, 9.17) is 5.73 Å². The third-order valence-corrected chi connectivity index (χ3v) is 4.29. The molecule has 2 heterocycles. The molecule has 0 radical (unpaired) electrons. The topological polar surface area (TPSA) is 49.6 Å². The van der Waals surface area contributed by atoms with Crippen LogP contribution in [0.5, 0.6) is 0 Å². The Morgan fingerprint density at radius 1 is 1.29 bits per heavy atom. The van der Waals surface area contributed by atoms with Gasteiger partial charge in [0.2, 0.25) is 0 Å². The van der Waals surface area contributed by atoms with Gasteiger partial charge in [0.15, 0.2) is 0 Å². The van der Waals surface area contributed by atoms with Crippen molar-refractivity contribution in [2.75, 3.05) is 26.2 Å². The van der Waals surface area contributed by atoms with Crippen LogP contribution in [0.15, 0.2) is 0 Å². The summed E-state index contributed by atoms with van der Waals surface area (Å²) in [5, 5.41) is 0. The van der Waals surface area contributed by atoms with E-state index in [-0.39, 0.29) is 6.03 Å². The van der Waals surface area contributed by atoms with Gasteiger partial charge in [-0.25, -0.2) is 4.79 Å². The van der Waals surface area contributed by atoms with Gasteiger partial charge in [-0.1, -0.05) is 6.92 Å². The number of carbonyl (C=O) groups excluding carboxylic acids is 1. The molecule has 2 N–H and O–H groups in total. The van der Waals surface area contributed by atoms with Crippen molar-refractivity contribution in [2.45, 2.75) is 39.2 Å². The van der Waals surface area contributed by atoms with Crippen LogP contribution in [0.2, 0.25) is 0 Å². The van der Waals surface area contributed by atoms with E-state index in [1.807, 2.05) is 9.80 Å². The molecule has 0 aliphatic carbocycles. The van der Waals surface area contributed by atoms with E-state index in [1.165, 1.54) is 0 Å². The molecule has 0 spiro atoms. The van der Waals surface area contributed by atoms with Crippen LogP contribution in [0.4, 0.5) is 4.79 Å². The lowest BCUT2D eigenvalue weighted by atomic mass is 9.99. The number of amides is 2. The molecule has 0 bridgehead atoms. The quantitative estimate of drug-likeness (QED) is 0.754. The van der Waals surface area contributed by atoms with E-state index in [9.17, 15) is 4.79 Å². The second-order valence-corrected chi connectivity index (χ2v) is 5.79. The van der Waals surface area contributed by atoms with Gasteiger partial charge in [-0.3, -0.25) is 0 Å². The third kappa shape index (κ3) is 2.73. The molecule has 2 unspecified atom stereocenters. The molecule has 4 heteroatoms. The van der Waals surface area contributed by atoms with Crippen molar-refractivity contribution in [3.63, 3.8) is 0 Å². The molecule has 0 aromatic heterocycles. The molecule has 0 saturated carbocycles. The zero-order valence-corrected chi connectivity index (χ0v) is 11.1. The largest absolute Gasteiger partial charge is 0.330 e. The molecule has 2 rings (SSSR count). The highest BCUT2D eigenvalue weighted by Gasteiger charge is 2.34. The van der Waals surface area contributed by atoms with Crippen LogP contribution in [0.1, 0.15) is 33.1 Å². The molecule has 0 aromatic carbocycles. The number of hydrogen-bond acceptors (Lipinski definition) is 2. The molecule has 2 atom stereocenters. The van der Waals surface area contributed by atoms with Gasteiger partial charge in [-0.05, 0) is 44.6 Å². The first-order valence-corrected chi connectivity index (χ1v) is 6.87. The van der Waals surface area contributed by atoms with Gasteiger partial charge in [-0.15, -0.1) is 0 Å². The molecule has 98 valence electrons. The molecular formula is C13H25N3O. The second kappa shape index (κ2) is 5.25. The van der Waals surface area contributed by atoms with E-state index >= 15 is 0 Å². The summed E-state index contributed by atoms with van der Waals surface area (Å²) in [5.74, 6) is 1.27. The summed E-state index contributed by atoms with van der Waals surface area (Å²) in [6.45, 7) is 7.81. The maximum atomic E-state index is 12.4. The number of likely N-dealkylation sites (tertiary alicyclic amines) is 2. The van der Waals surface area contributed by atoms with Crippen molar-refractivity contribution in [3.05, 3.63) is 0 Å². The molecule has 2 aliphatic heterocycles. The maximum absolute atomic E-state index is 12.4. The summed E-state index contributed by atoms with van der Waals surface area (Å²) in [6, 6.07) is 0.593. The van der Waals surface area contributed by atoms with Gasteiger partial charge in [-0.2, -0.15) is 0 Å². The smallest absolute Gasteiger partial charge is 0.320 e. The van der Waals surface area contributed by atoms with Crippen molar-refractivity contribution in [3.8, 4) is 0 Å². The molecule has 2 saturated heterocycles. The van der Waals surface area contributed by atoms with E-state index in [2.05, 4.69) is 13.8 Å². The standard InChI is InChI=1S/C13H25N3O/c1-10-3-5-15(6-4-10)13(17)16-9-12(8-14)7-11(16)2/h10-12H,3-9,14H2,1-2H3. The number of nitrogens with zero attached hydrogens (tertiary/aromatic N) is 2. The molecule has 4 nitrogen and oxygen atoms in total. The maximum Gasteiger partial charge on any atom is 0.320 e. The summed E-state index contributed by atoms with van der Waals surface area (Å²) < 4.78 is 0. The van der Waals surface area contributed by atoms with Crippen LogP contribution in [0.25, 0.3) is 0 Å². The molecule has 2 aliphatic rings. The average molecular weight is 239 g/mol. The molecular weight excluding hydrogens is 214 g/mol. The van der Waals surface area contributed by atoms with E-state index in [1.54, 1.807) is 0 Å². The zero-order chi connectivity index (χ0) is 12.4. The fourth-order valence-corrected chi connectivity index (χ4v) is 2.96. The normalized spacial score (nSPS) is 31.0. The highest BCUT2D eigenvalue weighted by Crippen LogP contribution is 2.25. The Balaban J connectivity index is 1.91. The first-order valence-electron chi connectivity index (χ1n) is 6.87. The Hall–Kier alpha value is -0.770. The number of nitrogens with two attached hydrogens (primary N) is 1. The number of hydrogen-bond donors (Lipinski definition) is 1. The fourth-order valence-electron chi connectivity index (χ4n) is 2.96. The first-order chi connectivity index (χ1) is 8.11. The monoisotopic (exact) mass is 239 g/mol.